The standard InChI is InChI=1S/C12H13ClFNO2/c1-12(2)6-7-4-3-5-8(9(7)17-12)15-11(16)10(13)14/h3-5,10H,6H2,1-2H3,(H,15,16). The van der Waals surface area contributed by atoms with E-state index < -0.39 is 11.5 Å². The van der Waals surface area contributed by atoms with Crippen LogP contribution in [0.25, 0.3) is 0 Å². The zero-order chi connectivity index (χ0) is 12.6. The van der Waals surface area contributed by atoms with Crippen LogP contribution in [0.4, 0.5) is 10.1 Å². The summed E-state index contributed by atoms with van der Waals surface area (Å²) in [6.07, 6.45) is 0.756. The van der Waals surface area contributed by atoms with Gasteiger partial charge in [-0.3, -0.25) is 4.79 Å². The number of hydrogen-bond donors (Lipinski definition) is 1. The van der Waals surface area contributed by atoms with E-state index in [0.717, 1.165) is 12.0 Å². The molecule has 0 aromatic heterocycles. The van der Waals surface area contributed by atoms with Crippen LogP contribution in [-0.2, 0) is 11.2 Å². The first-order valence-corrected chi connectivity index (χ1v) is 5.73. The highest BCUT2D eigenvalue weighted by Crippen LogP contribution is 2.40. The Balaban J connectivity index is 2.27. The molecule has 0 saturated carbocycles. The maximum Gasteiger partial charge on any atom is 0.274 e. The van der Waals surface area contributed by atoms with Crippen molar-refractivity contribution in [2.24, 2.45) is 0 Å². The summed E-state index contributed by atoms with van der Waals surface area (Å²) in [5, 5.41) is 2.41. The lowest BCUT2D eigenvalue weighted by Gasteiger charge is -2.18. The van der Waals surface area contributed by atoms with Crippen LogP contribution in [0, 0.1) is 0 Å². The minimum absolute atomic E-state index is 0.306. The van der Waals surface area contributed by atoms with E-state index in [1.54, 1.807) is 12.1 Å². The van der Waals surface area contributed by atoms with Gasteiger partial charge in [0.15, 0.2) is 0 Å². The fraction of sp³-hybridized carbons (Fsp3) is 0.417. The highest BCUT2D eigenvalue weighted by atomic mass is 35.5. The summed E-state index contributed by atoms with van der Waals surface area (Å²) in [5.74, 6) is -0.281. The van der Waals surface area contributed by atoms with Crippen LogP contribution in [0.2, 0.25) is 0 Å². The number of amides is 1. The number of benzene rings is 1. The molecule has 1 N–H and O–H groups in total. The fourth-order valence-electron chi connectivity index (χ4n) is 1.90. The van der Waals surface area contributed by atoms with E-state index in [-0.39, 0.29) is 5.60 Å². The van der Waals surface area contributed by atoms with Crippen LogP contribution in [0.1, 0.15) is 19.4 Å². The molecule has 1 aliphatic heterocycles. The van der Waals surface area contributed by atoms with Gasteiger partial charge in [-0.25, -0.2) is 4.39 Å². The second-order valence-electron chi connectivity index (χ2n) is 4.62. The number of para-hydroxylation sites is 1. The quantitative estimate of drug-likeness (QED) is 0.828. The summed E-state index contributed by atoms with van der Waals surface area (Å²) in [4.78, 5) is 11.2. The number of halogens is 2. The second kappa shape index (κ2) is 4.18. The van der Waals surface area contributed by atoms with Gasteiger partial charge in [-0.2, -0.15) is 0 Å². The van der Waals surface area contributed by atoms with Crippen LogP contribution < -0.4 is 10.1 Å². The van der Waals surface area contributed by atoms with E-state index in [2.05, 4.69) is 5.32 Å². The zero-order valence-corrected chi connectivity index (χ0v) is 10.3. The Labute approximate surface area is 104 Å². The Morgan fingerprint density at radius 3 is 2.94 bits per heavy atom. The van der Waals surface area contributed by atoms with Gasteiger partial charge in [0.2, 0.25) is 0 Å². The second-order valence-corrected chi connectivity index (χ2v) is 5.01. The summed E-state index contributed by atoms with van der Waals surface area (Å²) in [6, 6.07) is 5.38. The highest BCUT2D eigenvalue weighted by molar-refractivity contribution is 6.31. The molecule has 1 aliphatic rings. The molecule has 5 heteroatoms. The predicted octanol–water partition coefficient (Wildman–Crippen LogP) is 2.87. The van der Waals surface area contributed by atoms with Crippen molar-refractivity contribution in [1.29, 1.82) is 0 Å². The maximum atomic E-state index is 12.6. The van der Waals surface area contributed by atoms with E-state index in [1.807, 2.05) is 19.9 Å². The molecule has 1 aromatic rings. The molecule has 1 heterocycles. The van der Waals surface area contributed by atoms with Crippen LogP contribution in [0.5, 0.6) is 5.75 Å². The summed E-state index contributed by atoms with van der Waals surface area (Å²) in [5.41, 5.74) is -0.904. The van der Waals surface area contributed by atoms with Crippen LogP contribution in [-0.4, -0.2) is 17.1 Å². The SMILES string of the molecule is CC1(C)Cc2cccc(NC(=O)C(F)Cl)c2O1. The smallest absolute Gasteiger partial charge is 0.274 e. The Morgan fingerprint density at radius 2 is 2.29 bits per heavy atom. The third-order valence-electron chi connectivity index (χ3n) is 2.55. The molecule has 0 saturated heterocycles. The lowest BCUT2D eigenvalue weighted by Crippen LogP contribution is -2.25. The minimum atomic E-state index is -2.06. The molecule has 0 radical (unpaired) electrons. The average Bonchev–Trinajstić information content (AvgIpc) is 2.53. The first-order valence-electron chi connectivity index (χ1n) is 5.29. The summed E-state index contributed by atoms with van der Waals surface area (Å²) in [7, 11) is 0. The normalized spacial score (nSPS) is 18.1. The van der Waals surface area contributed by atoms with Crippen molar-refractivity contribution >= 4 is 23.2 Å². The molecule has 2 rings (SSSR count). The van der Waals surface area contributed by atoms with Crippen LogP contribution in [0.3, 0.4) is 0 Å². The number of ether oxygens (including phenoxy) is 1. The number of fused-ring (bicyclic) bond motifs is 1. The number of hydrogen-bond acceptors (Lipinski definition) is 2. The van der Waals surface area contributed by atoms with E-state index in [1.165, 1.54) is 0 Å². The van der Waals surface area contributed by atoms with Crippen molar-refractivity contribution in [2.45, 2.75) is 31.5 Å². The van der Waals surface area contributed by atoms with Gasteiger partial charge in [-0.1, -0.05) is 23.7 Å². The van der Waals surface area contributed by atoms with Crippen molar-refractivity contribution in [3.63, 3.8) is 0 Å². The van der Waals surface area contributed by atoms with Gasteiger partial charge in [0, 0.05) is 12.0 Å². The minimum Gasteiger partial charge on any atom is -0.485 e. The van der Waals surface area contributed by atoms with Gasteiger partial charge >= 0.3 is 0 Å². The summed E-state index contributed by atoms with van der Waals surface area (Å²) >= 11 is 5.07. The molecule has 1 amide bonds. The fourth-order valence-corrected chi connectivity index (χ4v) is 1.96. The lowest BCUT2D eigenvalue weighted by molar-refractivity contribution is -0.118. The Morgan fingerprint density at radius 1 is 1.59 bits per heavy atom. The number of carbonyl (C=O) groups is 1. The lowest BCUT2D eigenvalue weighted by atomic mass is 10.0. The van der Waals surface area contributed by atoms with Crippen molar-refractivity contribution in [2.75, 3.05) is 5.32 Å². The van der Waals surface area contributed by atoms with Gasteiger partial charge in [0.1, 0.15) is 11.4 Å². The monoisotopic (exact) mass is 257 g/mol. The first-order chi connectivity index (χ1) is 7.89. The van der Waals surface area contributed by atoms with Crippen molar-refractivity contribution in [3.05, 3.63) is 23.8 Å². The third kappa shape index (κ3) is 2.52. The van der Waals surface area contributed by atoms with Gasteiger partial charge in [-0.05, 0) is 19.9 Å². The molecule has 1 unspecified atom stereocenters. The van der Waals surface area contributed by atoms with Gasteiger partial charge < -0.3 is 10.1 Å². The number of alkyl halides is 2. The Kier molecular flexibility index (Phi) is 3.00. The number of carbonyl (C=O) groups excluding carboxylic acids is 1. The molecule has 1 aromatic carbocycles. The van der Waals surface area contributed by atoms with Crippen molar-refractivity contribution < 1.29 is 13.9 Å². The summed E-state index contributed by atoms with van der Waals surface area (Å²) in [6.45, 7) is 3.91. The van der Waals surface area contributed by atoms with Crippen molar-refractivity contribution in [1.82, 2.24) is 0 Å². The topological polar surface area (TPSA) is 38.3 Å². The highest BCUT2D eigenvalue weighted by Gasteiger charge is 2.32. The molecule has 1 atom stereocenters. The maximum absolute atomic E-state index is 12.6. The zero-order valence-electron chi connectivity index (χ0n) is 9.59. The largest absolute Gasteiger partial charge is 0.485 e. The molecule has 0 bridgehead atoms. The molecular weight excluding hydrogens is 245 g/mol. The third-order valence-corrected chi connectivity index (χ3v) is 2.75. The summed E-state index contributed by atoms with van der Waals surface area (Å²) < 4.78 is 18.3. The average molecular weight is 258 g/mol. The Hall–Kier alpha value is -1.29. The molecule has 0 aliphatic carbocycles. The number of anilines is 1. The van der Waals surface area contributed by atoms with Crippen molar-refractivity contribution in [3.8, 4) is 5.75 Å². The van der Waals surface area contributed by atoms with E-state index >= 15 is 0 Å². The molecule has 0 fully saturated rings. The molecule has 17 heavy (non-hydrogen) atoms. The van der Waals surface area contributed by atoms with Gasteiger partial charge in [-0.15, -0.1) is 0 Å². The molecular formula is C12H13ClFNO2. The predicted molar refractivity (Wildman–Crippen MR) is 64.2 cm³/mol. The molecule has 3 nitrogen and oxygen atoms in total. The van der Waals surface area contributed by atoms with E-state index in [9.17, 15) is 9.18 Å². The Bertz CT molecular complexity index is 460. The van der Waals surface area contributed by atoms with Gasteiger partial charge in [0.05, 0.1) is 5.69 Å². The number of nitrogens with one attached hydrogen (secondary N) is 1. The van der Waals surface area contributed by atoms with Crippen LogP contribution >= 0.6 is 11.6 Å². The van der Waals surface area contributed by atoms with Gasteiger partial charge in [0.25, 0.3) is 11.5 Å². The first kappa shape index (κ1) is 12.2. The molecule has 0 spiro atoms. The van der Waals surface area contributed by atoms with Crippen LogP contribution in [0.15, 0.2) is 18.2 Å². The van der Waals surface area contributed by atoms with E-state index in [0.29, 0.717) is 11.4 Å². The number of rotatable bonds is 2. The van der Waals surface area contributed by atoms with E-state index in [4.69, 9.17) is 16.3 Å². The molecule has 92 valence electrons.